The molecule has 1 aliphatic carbocycles. The van der Waals surface area contributed by atoms with Gasteiger partial charge in [0.15, 0.2) is 0 Å². The highest BCUT2D eigenvalue weighted by Gasteiger charge is 2.39. The minimum atomic E-state index is -0.398. The van der Waals surface area contributed by atoms with Crippen molar-refractivity contribution in [1.29, 1.82) is 0 Å². The Hall–Kier alpha value is -1.76. The van der Waals surface area contributed by atoms with Crippen LogP contribution in [0.3, 0.4) is 0 Å². The number of thiol groups is 1. The molecule has 4 rings (SSSR count). The minimum Gasteiger partial charge on any atom is -0.326 e. The summed E-state index contributed by atoms with van der Waals surface area (Å²) in [4.78, 5) is 13.0. The lowest BCUT2D eigenvalue weighted by Gasteiger charge is -2.10. The summed E-state index contributed by atoms with van der Waals surface area (Å²) >= 11 is 3.53. The van der Waals surface area contributed by atoms with E-state index in [2.05, 4.69) is 24.6 Å². The van der Waals surface area contributed by atoms with E-state index in [1.165, 1.54) is 31.2 Å². The molecule has 152 valence electrons. The van der Waals surface area contributed by atoms with Gasteiger partial charge in [-0.3, -0.25) is 0 Å². The topological polar surface area (TPSA) is 46.3 Å². The lowest BCUT2D eigenvalue weighted by atomic mass is 9.95. The van der Waals surface area contributed by atoms with Crippen molar-refractivity contribution in [2.24, 2.45) is 11.7 Å². The molecule has 1 aliphatic heterocycles. The number of carbonyl (C=O) groups excluding carboxylic acids is 1. The van der Waals surface area contributed by atoms with Gasteiger partial charge in [0.05, 0.1) is 0 Å². The van der Waals surface area contributed by atoms with Crippen LogP contribution in [0, 0.1) is 17.6 Å². The number of hydrogen-bond donors (Lipinski definition) is 2. The van der Waals surface area contributed by atoms with E-state index in [0.717, 1.165) is 24.8 Å². The van der Waals surface area contributed by atoms with Crippen LogP contribution in [0.4, 0.5) is 8.78 Å². The highest BCUT2D eigenvalue weighted by molar-refractivity contribution is 7.79. The van der Waals surface area contributed by atoms with Crippen LogP contribution < -0.4 is 5.73 Å². The number of halogens is 2. The molecule has 2 fully saturated rings. The van der Waals surface area contributed by atoms with Crippen LogP contribution in [-0.2, 0) is 4.79 Å². The second-order valence-corrected chi connectivity index (χ2v) is 7.16. The number of nitrogens with zero attached hydrogens (tertiary/aromatic N) is 1. The number of likely N-dealkylation sites (N-methyl/N-ethyl adjacent to an activating group) is 1. The smallest absolute Gasteiger partial charge is 0.131 e. The summed E-state index contributed by atoms with van der Waals surface area (Å²) in [6, 6.07) is 11.1. The number of benzene rings is 2. The van der Waals surface area contributed by atoms with E-state index in [1.54, 1.807) is 30.5 Å². The molecule has 0 amide bonds. The number of nitrogens with two attached hydrogens (primary N) is 1. The third kappa shape index (κ3) is 5.87. The maximum atomic E-state index is 13.9. The summed E-state index contributed by atoms with van der Waals surface area (Å²) in [5.74, 6) is -0.702. The summed E-state index contributed by atoms with van der Waals surface area (Å²) in [7, 11) is 2.10. The van der Waals surface area contributed by atoms with Crippen LogP contribution in [-0.4, -0.2) is 43.6 Å². The standard InChI is InChI=1S/C16H12F2O.C5H12N2.CH4S/c17-11-5-6-12(14-7-10(14)9-19)15(8-11)13-3-1-2-4-16(13)18;1-7-3-2-5(6)4-7;1-2/h1-6,8-10,14H,7H2;5H,2-4,6H2,1H3;2H,1H3. The van der Waals surface area contributed by atoms with Crippen LogP contribution in [0.15, 0.2) is 42.5 Å². The quantitative estimate of drug-likeness (QED) is 0.595. The minimum absolute atomic E-state index is 0.0176. The molecule has 0 spiro atoms. The molecule has 28 heavy (non-hydrogen) atoms. The largest absolute Gasteiger partial charge is 0.326 e. The van der Waals surface area contributed by atoms with Crippen molar-refractivity contribution in [2.45, 2.75) is 24.8 Å². The first-order valence-corrected chi connectivity index (χ1v) is 10.3. The molecule has 0 radical (unpaired) electrons. The molecular weight excluding hydrogens is 378 g/mol. The Morgan fingerprint density at radius 3 is 2.36 bits per heavy atom. The first-order valence-electron chi connectivity index (χ1n) is 9.38. The average Bonchev–Trinajstić information content (AvgIpc) is 3.39. The van der Waals surface area contributed by atoms with E-state index in [0.29, 0.717) is 17.2 Å². The maximum absolute atomic E-state index is 13.9. The van der Waals surface area contributed by atoms with Crippen LogP contribution in [0.1, 0.15) is 24.3 Å². The monoisotopic (exact) mass is 406 g/mol. The molecule has 6 heteroatoms. The number of rotatable bonds is 3. The molecule has 2 aromatic carbocycles. The van der Waals surface area contributed by atoms with Gasteiger partial charge >= 0.3 is 0 Å². The Morgan fingerprint density at radius 2 is 1.86 bits per heavy atom. The van der Waals surface area contributed by atoms with Crippen molar-refractivity contribution >= 4 is 18.9 Å². The predicted octanol–water partition coefficient (Wildman–Crippen LogP) is 4.13. The lowest BCUT2D eigenvalue weighted by Crippen LogP contribution is -2.23. The number of hydrogen-bond acceptors (Lipinski definition) is 4. The zero-order chi connectivity index (χ0) is 20.7. The fraction of sp³-hybridized carbons (Fsp3) is 0.409. The van der Waals surface area contributed by atoms with E-state index >= 15 is 0 Å². The van der Waals surface area contributed by atoms with Gasteiger partial charge in [-0.05, 0) is 67.9 Å². The van der Waals surface area contributed by atoms with E-state index in [1.807, 2.05) is 0 Å². The summed E-state index contributed by atoms with van der Waals surface area (Å²) in [6.07, 6.45) is 4.55. The van der Waals surface area contributed by atoms with Gasteiger partial charge in [0.2, 0.25) is 0 Å². The molecule has 3 nitrogen and oxygen atoms in total. The zero-order valence-corrected chi connectivity index (χ0v) is 17.2. The average molecular weight is 407 g/mol. The van der Waals surface area contributed by atoms with Gasteiger partial charge in [0.1, 0.15) is 17.9 Å². The Kier molecular flexibility index (Phi) is 8.60. The van der Waals surface area contributed by atoms with Crippen LogP contribution in [0.5, 0.6) is 0 Å². The van der Waals surface area contributed by atoms with Crippen molar-refractivity contribution in [1.82, 2.24) is 4.90 Å². The zero-order valence-electron chi connectivity index (χ0n) is 16.3. The lowest BCUT2D eigenvalue weighted by molar-refractivity contribution is -0.108. The van der Waals surface area contributed by atoms with Gasteiger partial charge < -0.3 is 15.4 Å². The van der Waals surface area contributed by atoms with E-state index < -0.39 is 5.82 Å². The maximum Gasteiger partial charge on any atom is 0.131 e. The molecule has 2 aliphatic rings. The Morgan fingerprint density at radius 1 is 1.14 bits per heavy atom. The van der Waals surface area contributed by atoms with E-state index in [9.17, 15) is 13.6 Å². The highest BCUT2D eigenvalue weighted by Crippen LogP contribution is 2.49. The third-order valence-electron chi connectivity index (χ3n) is 5.02. The molecule has 3 unspecified atom stereocenters. The normalized spacial score (nSPS) is 23.1. The van der Waals surface area contributed by atoms with Gasteiger partial charge in [-0.25, -0.2) is 8.78 Å². The number of aldehydes is 1. The van der Waals surface area contributed by atoms with Gasteiger partial charge in [-0.2, -0.15) is 12.6 Å². The fourth-order valence-electron chi connectivity index (χ4n) is 3.46. The van der Waals surface area contributed by atoms with Gasteiger partial charge in [-0.15, -0.1) is 0 Å². The molecule has 2 N–H and O–H groups in total. The molecule has 0 bridgehead atoms. The Balaban J connectivity index is 0.000000261. The summed E-state index contributed by atoms with van der Waals surface area (Å²) in [6.45, 7) is 2.27. The second-order valence-electron chi connectivity index (χ2n) is 7.16. The summed E-state index contributed by atoms with van der Waals surface area (Å²) in [5, 5.41) is 0. The third-order valence-corrected chi connectivity index (χ3v) is 5.02. The van der Waals surface area contributed by atoms with Gasteiger partial charge in [0, 0.05) is 24.1 Å². The van der Waals surface area contributed by atoms with Crippen LogP contribution in [0.2, 0.25) is 0 Å². The Labute approximate surface area is 171 Å². The summed E-state index contributed by atoms with van der Waals surface area (Å²) < 4.78 is 27.3. The van der Waals surface area contributed by atoms with Crippen LogP contribution >= 0.6 is 12.6 Å². The molecule has 1 heterocycles. The fourth-order valence-corrected chi connectivity index (χ4v) is 3.46. The van der Waals surface area contributed by atoms with E-state index in [-0.39, 0.29) is 17.7 Å². The molecule has 3 atom stereocenters. The molecule has 1 saturated carbocycles. The number of carbonyl (C=O) groups is 1. The SMILES string of the molecule is CN1CCC(N)C1.CS.O=CC1CC1c1ccc(F)cc1-c1ccccc1F. The van der Waals surface area contributed by atoms with Crippen molar-refractivity contribution in [3.8, 4) is 11.1 Å². The summed E-state index contributed by atoms with van der Waals surface area (Å²) in [5.41, 5.74) is 7.37. The van der Waals surface area contributed by atoms with Crippen molar-refractivity contribution in [3.05, 3.63) is 59.7 Å². The number of likely N-dealkylation sites (tertiary alicyclic amines) is 1. The highest BCUT2D eigenvalue weighted by atomic mass is 32.1. The molecule has 2 aromatic rings. The van der Waals surface area contributed by atoms with Gasteiger partial charge in [0.25, 0.3) is 0 Å². The van der Waals surface area contributed by atoms with E-state index in [4.69, 9.17) is 5.73 Å². The van der Waals surface area contributed by atoms with Gasteiger partial charge in [-0.1, -0.05) is 24.3 Å². The first kappa shape index (κ1) is 22.5. The van der Waals surface area contributed by atoms with Crippen molar-refractivity contribution in [2.75, 3.05) is 26.4 Å². The molecule has 1 saturated heterocycles. The first-order chi connectivity index (χ1) is 13.5. The Bertz CT molecular complexity index is 779. The predicted molar refractivity (Wildman–Crippen MR) is 114 cm³/mol. The molecule has 0 aromatic heterocycles. The van der Waals surface area contributed by atoms with Crippen molar-refractivity contribution in [3.63, 3.8) is 0 Å². The molecular formula is C22H28F2N2OS. The second kappa shape index (κ2) is 10.7. The van der Waals surface area contributed by atoms with Crippen LogP contribution in [0.25, 0.3) is 11.1 Å². The van der Waals surface area contributed by atoms with Crippen molar-refractivity contribution < 1.29 is 13.6 Å².